The minimum atomic E-state index is -4.62. The van der Waals surface area contributed by atoms with Gasteiger partial charge in [-0.3, -0.25) is 19.7 Å². The smallest absolute Gasteiger partial charge is 0.393 e. The van der Waals surface area contributed by atoms with Crippen LogP contribution in [0.25, 0.3) is 0 Å². The molecule has 1 aromatic rings. The van der Waals surface area contributed by atoms with Crippen molar-refractivity contribution in [3.8, 4) is 0 Å². The van der Waals surface area contributed by atoms with Crippen molar-refractivity contribution in [3.05, 3.63) is 33.9 Å². The summed E-state index contributed by atoms with van der Waals surface area (Å²) in [5.41, 5.74) is 0.637. The Balaban J connectivity index is 0.00000392. The molecule has 8 nitrogen and oxygen atoms in total. The SMILES string of the molecule is Cc1ccc([N+](=O)[O-])cc1NC(=O)CCN1C[C@@H](C(F)(F)F)[C@H](C(=O)O)C1.Cl. The first-order chi connectivity index (χ1) is 12.5. The van der Waals surface area contributed by atoms with Crippen LogP contribution in [0.1, 0.15) is 12.0 Å². The molecule has 28 heavy (non-hydrogen) atoms. The van der Waals surface area contributed by atoms with E-state index in [1.165, 1.54) is 23.1 Å². The van der Waals surface area contributed by atoms with E-state index >= 15 is 0 Å². The molecular formula is C16H19ClF3N3O5. The molecule has 0 unspecified atom stereocenters. The third-order valence-electron chi connectivity index (χ3n) is 4.49. The number of aliphatic carboxylic acids is 1. The van der Waals surface area contributed by atoms with Crippen molar-refractivity contribution in [1.82, 2.24) is 4.90 Å². The molecule has 2 N–H and O–H groups in total. The summed E-state index contributed by atoms with van der Waals surface area (Å²) in [6.07, 6.45) is -4.79. The summed E-state index contributed by atoms with van der Waals surface area (Å²) in [6.45, 7) is 0.827. The summed E-state index contributed by atoms with van der Waals surface area (Å²) >= 11 is 0. The number of hydrogen-bond acceptors (Lipinski definition) is 5. The molecule has 0 aliphatic carbocycles. The molecule has 0 radical (unpaired) electrons. The average molecular weight is 426 g/mol. The van der Waals surface area contributed by atoms with Crippen molar-refractivity contribution in [1.29, 1.82) is 0 Å². The van der Waals surface area contributed by atoms with Crippen molar-refractivity contribution < 1.29 is 32.8 Å². The molecule has 0 bridgehead atoms. The third-order valence-corrected chi connectivity index (χ3v) is 4.49. The number of nitro groups is 1. The minimum Gasteiger partial charge on any atom is -0.481 e. The Bertz CT molecular complexity index is 760. The number of nitro benzene ring substituents is 1. The molecule has 2 rings (SSSR count). The summed E-state index contributed by atoms with van der Waals surface area (Å²) in [4.78, 5) is 34.6. The highest BCUT2D eigenvalue weighted by Crippen LogP contribution is 2.37. The van der Waals surface area contributed by atoms with E-state index in [0.717, 1.165) is 0 Å². The van der Waals surface area contributed by atoms with E-state index < -0.39 is 41.4 Å². The number of benzene rings is 1. The number of anilines is 1. The van der Waals surface area contributed by atoms with Crippen LogP contribution in [0.2, 0.25) is 0 Å². The van der Waals surface area contributed by atoms with Crippen molar-refractivity contribution >= 4 is 35.7 Å². The van der Waals surface area contributed by atoms with Crippen molar-refractivity contribution in [2.45, 2.75) is 19.5 Å². The number of aryl methyl sites for hydroxylation is 1. The number of non-ortho nitro benzene ring substituents is 1. The van der Waals surface area contributed by atoms with Gasteiger partial charge in [-0.2, -0.15) is 13.2 Å². The quantitative estimate of drug-likeness (QED) is 0.535. The molecule has 1 aromatic carbocycles. The van der Waals surface area contributed by atoms with Gasteiger partial charge in [0.1, 0.15) is 0 Å². The number of amides is 1. The van der Waals surface area contributed by atoms with E-state index in [1.807, 2.05) is 0 Å². The summed E-state index contributed by atoms with van der Waals surface area (Å²) in [5.74, 6) is -5.58. The number of carboxylic acid groups (broad SMARTS) is 1. The highest BCUT2D eigenvalue weighted by atomic mass is 35.5. The fourth-order valence-electron chi connectivity index (χ4n) is 2.98. The van der Waals surface area contributed by atoms with Gasteiger partial charge in [-0.15, -0.1) is 12.4 Å². The normalized spacial score (nSPS) is 19.7. The number of nitrogens with zero attached hydrogens (tertiary/aromatic N) is 2. The second kappa shape index (κ2) is 9.20. The van der Waals surface area contributed by atoms with Gasteiger partial charge in [-0.05, 0) is 12.5 Å². The summed E-state index contributed by atoms with van der Waals surface area (Å²) in [6, 6.07) is 3.96. The monoisotopic (exact) mass is 425 g/mol. The van der Waals surface area contributed by atoms with Gasteiger partial charge in [0.25, 0.3) is 5.69 Å². The Morgan fingerprint density at radius 3 is 2.50 bits per heavy atom. The van der Waals surface area contributed by atoms with Crippen LogP contribution >= 0.6 is 12.4 Å². The van der Waals surface area contributed by atoms with E-state index in [4.69, 9.17) is 5.11 Å². The van der Waals surface area contributed by atoms with Gasteiger partial charge in [0.15, 0.2) is 0 Å². The maximum absolute atomic E-state index is 13.0. The van der Waals surface area contributed by atoms with Gasteiger partial charge in [0, 0.05) is 38.2 Å². The lowest BCUT2D eigenvalue weighted by Gasteiger charge is -2.18. The van der Waals surface area contributed by atoms with Crippen LogP contribution in [-0.4, -0.2) is 52.6 Å². The van der Waals surface area contributed by atoms with Crippen molar-refractivity contribution in [2.24, 2.45) is 11.8 Å². The lowest BCUT2D eigenvalue weighted by molar-refractivity contribution is -0.384. The predicted molar refractivity (Wildman–Crippen MR) is 95.4 cm³/mol. The molecule has 0 aromatic heterocycles. The van der Waals surface area contributed by atoms with Crippen LogP contribution in [0, 0.1) is 28.9 Å². The number of likely N-dealkylation sites (tertiary alicyclic amines) is 1. The number of carboxylic acids is 1. The van der Waals surface area contributed by atoms with E-state index in [-0.39, 0.29) is 43.3 Å². The summed E-state index contributed by atoms with van der Waals surface area (Å²) in [5, 5.41) is 22.3. The van der Waals surface area contributed by atoms with Gasteiger partial charge < -0.3 is 15.3 Å². The summed E-state index contributed by atoms with van der Waals surface area (Å²) in [7, 11) is 0. The Kier molecular flexibility index (Phi) is 7.76. The van der Waals surface area contributed by atoms with E-state index in [9.17, 15) is 32.9 Å². The number of carbonyl (C=O) groups excluding carboxylic acids is 1. The fraction of sp³-hybridized carbons (Fsp3) is 0.500. The van der Waals surface area contributed by atoms with Crippen molar-refractivity contribution in [2.75, 3.05) is 25.0 Å². The lowest BCUT2D eigenvalue weighted by Crippen LogP contribution is -2.33. The summed E-state index contributed by atoms with van der Waals surface area (Å²) < 4.78 is 38.9. The van der Waals surface area contributed by atoms with Gasteiger partial charge in [-0.1, -0.05) is 6.07 Å². The zero-order valence-corrected chi connectivity index (χ0v) is 15.5. The number of carbonyl (C=O) groups is 2. The second-order valence-corrected chi connectivity index (χ2v) is 6.41. The molecule has 1 heterocycles. The topological polar surface area (TPSA) is 113 Å². The standard InChI is InChI=1S/C16H18F3N3O5.ClH/c1-9-2-3-10(22(26)27)6-13(9)20-14(23)4-5-21-7-11(15(24)25)12(8-21)16(17,18)19;/h2-3,6,11-12H,4-5,7-8H2,1H3,(H,20,23)(H,24,25);1H/t11-,12-;/m1./s1. The molecule has 0 saturated carbocycles. The maximum Gasteiger partial charge on any atom is 0.393 e. The van der Waals surface area contributed by atoms with E-state index in [0.29, 0.717) is 5.56 Å². The Hall–Kier alpha value is -2.40. The lowest BCUT2D eigenvalue weighted by atomic mass is 9.96. The van der Waals surface area contributed by atoms with Crippen molar-refractivity contribution in [3.63, 3.8) is 0 Å². The number of halogens is 4. The Morgan fingerprint density at radius 2 is 2.00 bits per heavy atom. The largest absolute Gasteiger partial charge is 0.481 e. The molecule has 1 fully saturated rings. The third kappa shape index (κ3) is 5.80. The van der Waals surface area contributed by atoms with Crippen LogP contribution in [0.5, 0.6) is 0 Å². The molecule has 12 heteroatoms. The van der Waals surface area contributed by atoms with Crippen LogP contribution in [0.4, 0.5) is 24.5 Å². The number of hydrogen-bond donors (Lipinski definition) is 2. The second-order valence-electron chi connectivity index (χ2n) is 6.41. The van der Waals surface area contributed by atoms with Gasteiger partial charge >= 0.3 is 12.1 Å². The zero-order valence-electron chi connectivity index (χ0n) is 14.7. The predicted octanol–water partition coefficient (Wildman–Crippen LogP) is 2.85. The van der Waals surface area contributed by atoms with Crippen LogP contribution in [-0.2, 0) is 9.59 Å². The molecule has 0 spiro atoms. The average Bonchev–Trinajstić information content (AvgIpc) is 3.00. The molecule has 2 atom stereocenters. The van der Waals surface area contributed by atoms with Crippen LogP contribution in [0.3, 0.4) is 0 Å². The van der Waals surface area contributed by atoms with Gasteiger partial charge in [0.05, 0.1) is 22.4 Å². The van der Waals surface area contributed by atoms with E-state index in [2.05, 4.69) is 5.32 Å². The Morgan fingerprint density at radius 1 is 1.36 bits per heavy atom. The first-order valence-electron chi connectivity index (χ1n) is 8.06. The van der Waals surface area contributed by atoms with Crippen LogP contribution < -0.4 is 5.32 Å². The maximum atomic E-state index is 13.0. The molecular weight excluding hydrogens is 407 g/mol. The van der Waals surface area contributed by atoms with E-state index in [1.54, 1.807) is 6.92 Å². The van der Waals surface area contributed by atoms with Crippen LogP contribution in [0.15, 0.2) is 18.2 Å². The first-order valence-corrected chi connectivity index (χ1v) is 8.06. The molecule has 1 saturated heterocycles. The van der Waals surface area contributed by atoms with Gasteiger partial charge in [-0.25, -0.2) is 0 Å². The number of rotatable bonds is 6. The van der Waals surface area contributed by atoms with Gasteiger partial charge in [0.2, 0.25) is 5.91 Å². The Labute approximate surface area is 164 Å². The highest BCUT2D eigenvalue weighted by Gasteiger charge is 2.52. The molecule has 1 aliphatic heterocycles. The number of nitrogens with one attached hydrogen (secondary N) is 1. The molecule has 1 amide bonds. The first kappa shape index (κ1) is 23.6. The molecule has 156 valence electrons. The minimum absolute atomic E-state index is 0. The zero-order chi connectivity index (χ0) is 20.4. The fourth-order valence-corrected chi connectivity index (χ4v) is 2.98. The number of alkyl halides is 3. The molecule has 1 aliphatic rings. The highest BCUT2D eigenvalue weighted by molar-refractivity contribution is 5.92.